The summed E-state index contributed by atoms with van der Waals surface area (Å²) in [4.78, 5) is 0. The summed E-state index contributed by atoms with van der Waals surface area (Å²) in [6, 6.07) is 8.72. The molecule has 0 saturated carbocycles. The largest absolute Gasteiger partial charge is 1.00 e. The number of hydrogen-bond donors (Lipinski definition) is 0. The van der Waals surface area contributed by atoms with E-state index in [1.165, 1.54) is 15.0 Å². The van der Waals surface area contributed by atoms with E-state index >= 15 is 0 Å². The zero-order chi connectivity index (χ0) is 9.42. The summed E-state index contributed by atoms with van der Waals surface area (Å²) in [5.41, 5.74) is 2.92. The fourth-order valence-electron chi connectivity index (χ4n) is 2.07. The number of halogens is 2. The van der Waals surface area contributed by atoms with Crippen molar-refractivity contribution in [2.24, 2.45) is 5.92 Å². The Kier molecular flexibility index (Phi) is 5.40. The van der Waals surface area contributed by atoms with Crippen LogP contribution in [0.1, 0.15) is 30.9 Å². The molecule has 0 amide bonds. The van der Waals surface area contributed by atoms with Crippen LogP contribution in [-0.4, -0.2) is 0 Å². The molecule has 1 aliphatic carbocycles. The molecule has 0 saturated heterocycles. The van der Waals surface area contributed by atoms with Crippen LogP contribution in [0.2, 0.25) is 0 Å². The summed E-state index contributed by atoms with van der Waals surface area (Å²) in [6.07, 6.45) is 2.32. The van der Waals surface area contributed by atoms with E-state index < -0.39 is 0 Å². The van der Waals surface area contributed by atoms with E-state index in [1.807, 2.05) is 0 Å². The van der Waals surface area contributed by atoms with Crippen molar-refractivity contribution in [1.29, 1.82) is 0 Å². The fraction of sp³-hybridized carbons (Fsp3) is 0.333. The summed E-state index contributed by atoms with van der Waals surface area (Å²) in [5, 5.41) is 0. The Bertz CT molecular complexity index is 358. The van der Waals surface area contributed by atoms with Gasteiger partial charge in [-0.05, 0) is 0 Å². The molecule has 79 valence electrons. The Morgan fingerprint density at radius 1 is 1.13 bits per heavy atom. The first-order valence-corrected chi connectivity index (χ1v) is 5.50. The maximum atomic E-state index is 2.32. The SMILES string of the molecule is CC(C)C1[C]([Ti+2])=Cc2ccccc21.[F-].[F-]. The second-order valence-corrected chi connectivity index (χ2v) is 4.85. The van der Waals surface area contributed by atoms with Gasteiger partial charge in [-0.1, -0.05) is 0 Å². The number of rotatable bonds is 1. The molecule has 1 aromatic rings. The van der Waals surface area contributed by atoms with Gasteiger partial charge in [0, 0.05) is 0 Å². The summed E-state index contributed by atoms with van der Waals surface area (Å²) in [5.74, 6) is 1.36. The molecule has 0 aromatic heterocycles. The molecule has 0 fully saturated rings. The predicted molar refractivity (Wildman–Crippen MR) is 52.0 cm³/mol. The maximum absolute atomic E-state index is 2.32. The van der Waals surface area contributed by atoms with Crippen molar-refractivity contribution in [1.82, 2.24) is 0 Å². The van der Waals surface area contributed by atoms with E-state index in [9.17, 15) is 0 Å². The summed E-state index contributed by atoms with van der Waals surface area (Å²) in [6.45, 7) is 4.59. The van der Waals surface area contributed by atoms with E-state index in [2.05, 4.69) is 64.6 Å². The molecule has 0 heterocycles. The minimum Gasteiger partial charge on any atom is -1.00 e. The molecule has 1 atom stereocenters. The molecule has 3 heteroatoms. The first-order valence-electron chi connectivity index (χ1n) is 4.72. The van der Waals surface area contributed by atoms with Gasteiger partial charge < -0.3 is 9.41 Å². The molecule has 0 N–H and O–H groups in total. The smallest absolute Gasteiger partial charge is 1.00 e. The van der Waals surface area contributed by atoms with Gasteiger partial charge in [0.05, 0.1) is 0 Å². The molecule has 0 spiro atoms. The predicted octanol–water partition coefficient (Wildman–Crippen LogP) is -2.66. The van der Waals surface area contributed by atoms with E-state index in [1.54, 1.807) is 0 Å². The number of benzene rings is 1. The first kappa shape index (κ1) is 14.5. The van der Waals surface area contributed by atoms with Crippen molar-refractivity contribution in [3.05, 3.63) is 39.3 Å². The third kappa shape index (κ3) is 2.56. The van der Waals surface area contributed by atoms with E-state index in [-0.39, 0.29) is 9.41 Å². The minimum atomic E-state index is 0. The zero-order valence-corrected chi connectivity index (χ0v) is 10.4. The van der Waals surface area contributed by atoms with Crippen molar-refractivity contribution >= 4 is 6.08 Å². The molecule has 2 rings (SSSR count). The van der Waals surface area contributed by atoms with Crippen LogP contribution >= 0.6 is 0 Å². The molecule has 0 nitrogen and oxygen atoms in total. The van der Waals surface area contributed by atoms with Gasteiger partial charge in [0.2, 0.25) is 0 Å². The molecule has 15 heavy (non-hydrogen) atoms. The van der Waals surface area contributed by atoms with Gasteiger partial charge >= 0.3 is 91.5 Å². The van der Waals surface area contributed by atoms with Gasteiger partial charge in [-0.15, -0.1) is 0 Å². The van der Waals surface area contributed by atoms with E-state index in [0.29, 0.717) is 11.8 Å². The fourth-order valence-corrected chi connectivity index (χ4v) is 3.07. The van der Waals surface area contributed by atoms with Crippen LogP contribution in [-0.2, 0) is 20.4 Å². The van der Waals surface area contributed by atoms with Gasteiger partial charge in [-0.25, -0.2) is 0 Å². The first-order chi connectivity index (χ1) is 6.20. The molecule has 1 unspecified atom stereocenters. The van der Waals surface area contributed by atoms with E-state index in [4.69, 9.17) is 0 Å². The normalized spacial score (nSPS) is 17.7. The Balaban J connectivity index is 0.000000980. The molecule has 0 radical (unpaired) electrons. The van der Waals surface area contributed by atoms with Gasteiger partial charge in [0.1, 0.15) is 0 Å². The van der Waals surface area contributed by atoms with Gasteiger partial charge in [-0.3, -0.25) is 0 Å². The van der Waals surface area contributed by atoms with Crippen molar-refractivity contribution < 1.29 is 29.8 Å². The Labute approximate surface area is 101 Å². The molecule has 0 aliphatic heterocycles. The average molecular weight is 243 g/mol. The second-order valence-electron chi connectivity index (χ2n) is 3.95. The quantitative estimate of drug-likeness (QED) is 0.472. The monoisotopic (exact) mass is 243 g/mol. The molecule has 1 aliphatic rings. The number of hydrogen-bond acceptors (Lipinski definition) is 0. The standard InChI is InChI=1S/C12H13.2FH.Ti/c1-9(2)11-8-7-10-5-3-4-6-12(10)11;;;/h3-7,9,11H,1-2H3;2*1H;/q;;;+2/p-2. The van der Waals surface area contributed by atoms with Crippen LogP contribution in [0.15, 0.2) is 28.1 Å². The third-order valence-corrected chi connectivity index (χ3v) is 3.35. The molecular weight excluding hydrogens is 230 g/mol. The maximum Gasteiger partial charge on any atom is -1.00 e. The summed E-state index contributed by atoms with van der Waals surface area (Å²) < 4.78 is 1.51. The van der Waals surface area contributed by atoms with E-state index in [0.717, 1.165) is 0 Å². The van der Waals surface area contributed by atoms with Crippen LogP contribution in [0, 0.1) is 5.92 Å². The Morgan fingerprint density at radius 3 is 2.33 bits per heavy atom. The Hall–Kier alpha value is -0.466. The van der Waals surface area contributed by atoms with Crippen LogP contribution < -0.4 is 9.41 Å². The number of fused-ring (bicyclic) bond motifs is 1. The van der Waals surface area contributed by atoms with Crippen molar-refractivity contribution in [3.63, 3.8) is 0 Å². The van der Waals surface area contributed by atoms with Gasteiger partial charge in [-0.2, -0.15) is 0 Å². The zero-order valence-electron chi connectivity index (χ0n) is 8.80. The average Bonchev–Trinajstić information content (AvgIpc) is 2.39. The molecule has 1 aromatic carbocycles. The van der Waals surface area contributed by atoms with Crippen molar-refractivity contribution in [2.75, 3.05) is 0 Å². The van der Waals surface area contributed by atoms with Crippen molar-refractivity contribution in [3.8, 4) is 0 Å². The minimum absolute atomic E-state index is 0. The van der Waals surface area contributed by atoms with Gasteiger partial charge in [0.25, 0.3) is 0 Å². The third-order valence-electron chi connectivity index (χ3n) is 2.64. The second kappa shape index (κ2) is 5.57. The molecule has 0 bridgehead atoms. The van der Waals surface area contributed by atoms with Crippen LogP contribution in [0.3, 0.4) is 0 Å². The summed E-state index contributed by atoms with van der Waals surface area (Å²) in [7, 11) is 0. The Morgan fingerprint density at radius 2 is 1.73 bits per heavy atom. The van der Waals surface area contributed by atoms with Gasteiger partial charge in [0.15, 0.2) is 0 Å². The number of allylic oxidation sites excluding steroid dienone is 1. The van der Waals surface area contributed by atoms with Crippen LogP contribution in [0.4, 0.5) is 0 Å². The molecular formula is C12H13F2Ti. The topological polar surface area (TPSA) is 0 Å². The summed E-state index contributed by atoms with van der Waals surface area (Å²) >= 11 is 2.24. The van der Waals surface area contributed by atoms with Crippen LogP contribution in [0.5, 0.6) is 0 Å². The van der Waals surface area contributed by atoms with Crippen molar-refractivity contribution in [2.45, 2.75) is 19.8 Å². The van der Waals surface area contributed by atoms with Crippen LogP contribution in [0.25, 0.3) is 6.08 Å².